The van der Waals surface area contributed by atoms with E-state index in [0.29, 0.717) is 11.0 Å². The van der Waals surface area contributed by atoms with Gasteiger partial charge in [-0.15, -0.1) is 0 Å². The lowest BCUT2D eigenvalue weighted by Gasteiger charge is -2.05. The Morgan fingerprint density at radius 3 is 2.71 bits per heavy atom. The fourth-order valence-corrected chi connectivity index (χ4v) is 2.13. The highest BCUT2D eigenvalue weighted by Gasteiger charge is 2.09. The summed E-state index contributed by atoms with van der Waals surface area (Å²) in [5.41, 5.74) is 2.99. The molecule has 0 aliphatic carbocycles. The molecule has 0 unspecified atom stereocenters. The molecule has 0 amide bonds. The third-order valence-electron chi connectivity index (χ3n) is 1.99. The van der Waals surface area contributed by atoms with E-state index in [-0.39, 0.29) is 0 Å². The van der Waals surface area contributed by atoms with E-state index in [1.165, 1.54) is 0 Å². The molecule has 0 saturated heterocycles. The fraction of sp³-hybridized carbons (Fsp3) is 0.200. The van der Waals surface area contributed by atoms with Crippen LogP contribution >= 0.6 is 22.9 Å². The molecule has 0 spiro atoms. The van der Waals surface area contributed by atoms with E-state index in [1.807, 2.05) is 25.3 Å². The van der Waals surface area contributed by atoms with E-state index in [4.69, 9.17) is 11.6 Å². The summed E-state index contributed by atoms with van der Waals surface area (Å²) >= 11 is 7.64. The normalized spacial score (nSPS) is 10.5. The molecule has 0 radical (unpaired) electrons. The SMILES string of the molecule is Cc1nc(Cl)c(C)c(-c2ccsc2)n1. The second kappa shape index (κ2) is 3.67. The predicted octanol–water partition coefficient (Wildman–Crippen LogP) is 3.48. The Balaban J connectivity index is 2.64. The van der Waals surface area contributed by atoms with Gasteiger partial charge < -0.3 is 0 Å². The van der Waals surface area contributed by atoms with E-state index in [1.54, 1.807) is 11.3 Å². The van der Waals surface area contributed by atoms with Crippen LogP contribution in [0.2, 0.25) is 5.15 Å². The standard InChI is InChI=1S/C10H9ClN2S/c1-6-9(8-3-4-14-5-8)12-7(2)13-10(6)11/h3-5H,1-2H3. The monoisotopic (exact) mass is 224 g/mol. The Morgan fingerprint density at radius 2 is 2.07 bits per heavy atom. The largest absolute Gasteiger partial charge is 0.233 e. The van der Waals surface area contributed by atoms with Crippen LogP contribution in [-0.4, -0.2) is 9.97 Å². The van der Waals surface area contributed by atoms with Crippen molar-refractivity contribution in [2.24, 2.45) is 0 Å². The van der Waals surface area contributed by atoms with Crippen molar-refractivity contribution in [3.8, 4) is 11.3 Å². The summed E-state index contributed by atoms with van der Waals surface area (Å²) in [6, 6.07) is 2.04. The van der Waals surface area contributed by atoms with Gasteiger partial charge in [0.25, 0.3) is 0 Å². The third-order valence-corrected chi connectivity index (χ3v) is 3.04. The maximum Gasteiger partial charge on any atom is 0.136 e. The number of halogens is 1. The van der Waals surface area contributed by atoms with Gasteiger partial charge in [0.05, 0.1) is 5.69 Å². The van der Waals surface area contributed by atoms with Crippen LogP contribution in [0.4, 0.5) is 0 Å². The second-order valence-electron chi connectivity index (χ2n) is 3.05. The van der Waals surface area contributed by atoms with Crippen molar-refractivity contribution in [2.75, 3.05) is 0 Å². The summed E-state index contributed by atoms with van der Waals surface area (Å²) in [6.07, 6.45) is 0. The van der Waals surface area contributed by atoms with E-state index in [0.717, 1.165) is 16.8 Å². The molecule has 0 N–H and O–H groups in total. The predicted molar refractivity (Wildman–Crippen MR) is 59.8 cm³/mol. The van der Waals surface area contributed by atoms with Gasteiger partial charge in [-0.25, -0.2) is 9.97 Å². The first-order valence-corrected chi connectivity index (χ1v) is 5.54. The third kappa shape index (κ3) is 1.65. The molecule has 0 atom stereocenters. The Hall–Kier alpha value is -0.930. The quantitative estimate of drug-likeness (QED) is 0.694. The van der Waals surface area contributed by atoms with Crippen LogP contribution in [0.1, 0.15) is 11.4 Å². The molecule has 72 valence electrons. The van der Waals surface area contributed by atoms with Crippen molar-refractivity contribution >= 4 is 22.9 Å². The van der Waals surface area contributed by atoms with Crippen molar-refractivity contribution in [1.29, 1.82) is 0 Å². The Labute approximate surface area is 91.6 Å². The lowest BCUT2D eigenvalue weighted by molar-refractivity contribution is 1.04. The Kier molecular flexibility index (Phi) is 2.52. The van der Waals surface area contributed by atoms with Gasteiger partial charge in [0.2, 0.25) is 0 Å². The topological polar surface area (TPSA) is 25.8 Å². The number of hydrogen-bond donors (Lipinski definition) is 0. The summed E-state index contributed by atoms with van der Waals surface area (Å²) in [7, 11) is 0. The molecular weight excluding hydrogens is 216 g/mol. The fourth-order valence-electron chi connectivity index (χ4n) is 1.27. The number of hydrogen-bond acceptors (Lipinski definition) is 3. The van der Waals surface area contributed by atoms with Crippen LogP contribution in [0.15, 0.2) is 16.8 Å². The first kappa shape index (κ1) is 9.62. The molecule has 2 rings (SSSR count). The van der Waals surface area contributed by atoms with E-state index in [9.17, 15) is 0 Å². The minimum Gasteiger partial charge on any atom is -0.233 e. The maximum atomic E-state index is 5.99. The van der Waals surface area contributed by atoms with Crippen molar-refractivity contribution < 1.29 is 0 Å². The highest BCUT2D eigenvalue weighted by Crippen LogP contribution is 2.26. The molecule has 0 fully saturated rings. The Morgan fingerprint density at radius 1 is 1.29 bits per heavy atom. The van der Waals surface area contributed by atoms with Gasteiger partial charge in [0.1, 0.15) is 11.0 Å². The highest BCUT2D eigenvalue weighted by atomic mass is 35.5. The summed E-state index contributed by atoms with van der Waals surface area (Å²) < 4.78 is 0. The number of nitrogens with zero attached hydrogens (tertiary/aromatic N) is 2. The zero-order valence-corrected chi connectivity index (χ0v) is 9.49. The molecule has 2 nitrogen and oxygen atoms in total. The molecule has 0 aliphatic heterocycles. The van der Waals surface area contributed by atoms with E-state index in [2.05, 4.69) is 15.3 Å². The summed E-state index contributed by atoms with van der Waals surface area (Å²) in [5.74, 6) is 0.710. The van der Waals surface area contributed by atoms with Gasteiger partial charge in [-0.05, 0) is 25.3 Å². The van der Waals surface area contributed by atoms with Gasteiger partial charge in [-0.2, -0.15) is 11.3 Å². The van der Waals surface area contributed by atoms with E-state index >= 15 is 0 Å². The lowest BCUT2D eigenvalue weighted by atomic mass is 10.1. The zero-order chi connectivity index (χ0) is 10.1. The first-order chi connectivity index (χ1) is 6.68. The van der Waals surface area contributed by atoms with Gasteiger partial charge in [0.15, 0.2) is 0 Å². The molecular formula is C10H9ClN2S. The molecule has 0 saturated carbocycles. The highest BCUT2D eigenvalue weighted by molar-refractivity contribution is 7.08. The Bertz CT molecular complexity index is 451. The van der Waals surface area contributed by atoms with Crippen LogP contribution in [0.5, 0.6) is 0 Å². The van der Waals surface area contributed by atoms with Crippen molar-refractivity contribution in [2.45, 2.75) is 13.8 Å². The molecule has 0 aromatic carbocycles. The molecule has 2 aromatic heterocycles. The van der Waals surface area contributed by atoms with Crippen LogP contribution in [0.3, 0.4) is 0 Å². The smallest absolute Gasteiger partial charge is 0.136 e. The molecule has 0 aliphatic rings. The molecule has 2 aromatic rings. The second-order valence-corrected chi connectivity index (χ2v) is 4.19. The first-order valence-electron chi connectivity index (χ1n) is 4.22. The van der Waals surface area contributed by atoms with Crippen molar-refractivity contribution in [1.82, 2.24) is 9.97 Å². The maximum absolute atomic E-state index is 5.99. The molecule has 0 bridgehead atoms. The lowest BCUT2D eigenvalue weighted by Crippen LogP contribution is -1.95. The van der Waals surface area contributed by atoms with Crippen molar-refractivity contribution in [3.63, 3.8) is 0 Å². The minimum atomic E-state index is 0.540. The van der Waals surface area contributed by atoms with E-state index < -0.39 is 0 Å². The van der Waals surface area contributed by atoms with Gasteiger partial charge in [-0.3, -0.25) is 0 Å². The summed E-state index contributed by atoms with van der Waals surface area (Å²) in [6.45, 7) is 3.79. The average molecular weight is 225 g/mol. The van der Waals surface area contributed by atoms with Gasteiger partial charge >= 0.3 is 0 Å². The number of rotatable bonds is 1. The summed E-state index contributed by atoms with van der Waals surface area (Å²) in [5, 5.41) is 4.63. The van der Waals surface area contributed by atoms with Crippen molar-refractivity contribution in [3.05, 3.63) is 33.4 Å². The van der Waals surface area contributed by atoms with Gasteiger partial charge in [0, 0.05) is 16.5 Å². The average Bonchev–Trinajstić information content (AvgIpc) is 2.63. The van der Waals surface area contributed by atoms with Crippen LogP contribution in [0, 0.1) is 13.8 Å². The zero-order valence-electron chi connectivity index (χ0n) is 7.91. The number of thiophene rings is 1. The minimum absolute atomic E-state index is 0.540. The van der Waals surface area contributed by atoms with Crippen LogP contribution in [0.25, 0.3) is 11.3 Å². The number of aryl methyl sites for hydroxylation is 1. The molecule has 14 heavy (non-hydrogen) atoms. The summed E-state index contributed by atoms with van der Waals surface area (Å²) in [4.78, 5) is 8.49. The number of aromatic nitrogens is 2. The van der Waals surface area contributed by atoms with Gasteiger partial charge in [-0.1, -0.05) is 11.6 Å². The molecule has 2 heterocycles. The molecule has 4 heteroatoms. The van der Waals surface area contributed by atoms with Crippen LogP contribution < -0.4 is 0 Å². The van der Waals surface area contributed by atoms with Crippen LogP contribution in [-0.2, 0) is 0 Å².